The number of benzene rings is 1. The van der Waals surface area contributed by atoms with Crippen LogP contribution in [0.5, 0.6) is 0 Å². The SMILES string of the molecule is CC/C=C\[C@@H](C)c1nc2ccccc2s1. The van der Waals surface area contributed by atoms with Crippen molar-refractivity contribution in [2.75, 3.05) is 0 Å². The first-order valence-electron chi connectivity index (χ1n) is 5.33. The minimum absolute atomic E-state index is 0.433. The Bertz CT molecular complexity index is 437. The first kappa shape index (κ1) is 10.4. The standard InChI is InChI=1S/C13H15NS/c1-3-4-7-10(2)13-14-11-8-5-6-9-12(11)15-13/h4-10H,3H2,1-2H3/b7-4-/t10-/m1/s1. The summed E-state index contributed by atoms with van der Waals surface area (Å²) in [5, 5.41) is 1.21. The maximum atomic E-state index is 4.63. The van der Waals surface area contributed by atoms with Crippen LogP contribution >= 0.6 is 11.3 Å². The Kier molecular flexibility index (Phi) is 3.17. The van der Waals surface area contributed by atoms with Crippen molar-refractivity contribution in [3.05, 3.63) is 41.4 Å². The Morgan fingerprint density at radius 2 is 2.20 bits per heavy atom. The van der Waals surface area contributed by atoms with Gasteiger partial charge in [0.15, 0.2) is 0 Å². The fourth-order valence-electron chi connectivity index (χ4n) is 1.51. The summed E-state index contributed by atoms with van der Waals surface area (Å²) >= 11 is 1.79. The molecule has 0 saturated heterocycles. The zero-order chi connectivity index (χ0) is 10.7. The summed E-state index contributed by atoms with van der Waals surface area (Å²) < 4.78 is 1.28. The van der Waals surface area contributed by atoms with E-state index in [1.165, 1.54) is 9.71 Å². The zero-order valence-corrected chi connectivity index (χ0v) is 9.92. The Hall–Kier alpha value is -1.15. The van der Waals surface area contributed by atoms with E-state index in [2.05, 4.69) is 49.2 Å². The van der Waals surface area contributed by atoms with E-state index >= 15 is 0 Å². The summed E-state index contributed by atoms with van der Waals surface area (Å²) in [6, 6.07) is 8.31. The molecule has 15 heavy (non-hydrogen) atoms. The minimum Gasteiger partial charge on any atom is -0.241 e. The third-order valence-corrected chi connectivity index (χ3v) is 3.60. The largest absolute Gasteiger partial charge is 0.241 e. The topological polar surface area (TPSA) is 12.9 Å². The molecule has 1 aromatic carbocycles. The van der Waals surface area contributed by atoms with Gasteiger partial charge in [0, 0.05) is 5.92 Å². The number of para-hydroxylation sites is 1. The number of allylic oxidation sites excluding steroid dienone is 2. The Labute approximate surface area is 94.5 Å². The number of thiazole rings is 1. The molecule has 0 N–H and O–H groups in total. The maximum absolute atomic E-state index is 4.63. The number of aromatic nitrogens is 1. The number of rotatable bonds is 3. The van der Waals surface area contributed by atoms with Gasteiger partial charge in [-0.2, -0.15) is 0 Å². The molecule has 0 fully saturated rings. The van der Waals surface area contributed by atoms with Gasteiger partial charge in [0.05, 0.1) is 10.2 Å². The molecule has 2 heteroatoms. The molecule has 0 bridgehead atoms. The average molecular weight is 217 g/mol. The number of hydrogen-bond acceptors (Lipinski definition) is 2. The van der Waals surface area contributed by atoms with E-state index in [1.54, 1.807) is 11.3 Å². The van der Waals surface area contributed by atoms with Crippen molar-refractivity contribution in [1.82, 2.24) is 4.98 Å². The summed E-state index contributed by atoms with van der Waals surface area (Å²) in [6.07, 6.45) is 5.53. The Morgan fingerprint density at radius 1 is 1.40 bits per heavy atom. The van der Waals surface area contributed by atoms with Crippen LogP contribution in [0, 0.1) is 0 Å². The normalized spacial score (nSPS) is 13.7. The highest BCUT2D eigenvalue weighted by atomic mass is 32.1. The molecule has 1 heterocycles. The molecule has 0 aliphatic carbocycles. The van der Waals surface area contributed by atoms with Gasteiger partial charge in [0.2, 0.25) is 0 Å². The van der Waals surface area contributed by atoms with E-state index in [4.69, 9.17) is 0 Å². The van der Waals surface area contributed by atoms with Crippen LogP contribution in [-0.2, 0) is 0 Å². The molecule has 0 unspecified atom stereocenters. The van der Waals surface area contributed by atoms with Gasteiger partial charge in [-0.15, -0.1) is 11.3 Å². The van der Waals surface area contributed by atoms with Crippen LogP contribution in [0.2, 0.25) is 0 Å². The third kappa shape index (κ3) is 2.26. The second-order valence-electron chi connectivity index (χ2n) is 3.64. The van der Waals surface area contributed by atoms with Gasteiger partial charge >= 0.3 is 0 Å². The number of nitrogens with zero attached hydrogens (tertiary/aromatic N) is 1. The monoisotopic (exact) mass is 217 g/mol. The van der Waals surface area contributed by atoms with Crippen molar-refractivity contribution in [2.24, 2.45) is 0 Å². The van der Waals surface area contributed by atoms with Gasteiger partial charge in [-0.05, 0) is 18.6 Å². The van der Waals surface area contributed by atoms with Crippen molar-refractivity contribution in [1.29, 1.82) is 0 Å². The van der Waals surface area contributed by atoms with Crippen LogP contribution in [0.3, 0.4) is 0 Å². The van der Waals surface area contributed by atoms with Crippen LogP contribution in [-0.4, -0.2) is 4.98 Å². The second-order valence-corrected chi connectivity index (χ2v) is 4.71. The molecule has 0 saturated carbocycles. The Morgan fingerprint density at radius 3 is 2.93 bits per heavy atom. The number of hydrogen-bond donors (Lipinski definition) is 0. The molecule has 1 atom stereocenters. The van der Waals surface area contributed by atoms with Gasteiger partial charge in [0.1, 0.15) is 5.01 Å². The minimum atomic E-state index is 0.433. The van der Waals surface area contributed by atoms with Gasteiger partial charge < -0.3 is 0 Å². The van der Waals surface area contributed by atoms with Crippen molar-refractivity contribution in [3.63, 3.8) is 0 Å². The van der Waals surface area contributed by atoms with Crippen LogP contribution in [0.15, 0.2) is 36.4 Å². The summed E-state index contributed by atoms with van der Waals surface area (Å²) in [5.74, 6) is 0.433. The fraction of sp³-hybridized carbons (Fsp3) is 0.308. The van der Waals surface area contributed by atoms with Crippen molar-refractivity contribution < 1.29 is 0 Å². The van der Waals surface area contributed by atoms with Crippen molar-refractivity contribution in [2.45, 2.75) is 26.2 Å². The average Bonchev–Trinajstić information content (AvgIpc) is 2.69. The lowest BCUT2D eigenvalue weighted by atomic mass is 10.1. The third-order valence-electron chi connectivity index (χ3n) is 2.36. The quantitative estimate of drug-likeness (QED) is 0.696. The predicted octanol–water partition coefficient (Wildman–Crippen LogP) is 4.37. The summed E-state index contributed by atoms with van der Waals surface area (Å²) in [7, 11) is 0. The predicted molar refractivity (Wildman–Crippen MR) is 67.5 cm³/mol. The molecule has 0 radical (unpaired) electrons. The van der Waals surface area contributed by atoms with Crippen LogP contribution in [0.4, 0.5) is 0 Å². The molecule has 2 rings (SSSR count). The summed E-state index contributed by atoms with van der Waals surface area (Å²) in [4.78, 5) is 4.63. The molecule has 1 aromatic heterocycles. The lowest BCUT2D eigenvalue weighted by Crippen LogP contribution is -1.86. The molecule has 0 amide bonds. The second kappa shape index (κ2) is 4.58. The zero-order valence-electron chi connectivity index (χ0n) is 9.10. The Balaban J connectivity index is 2.32. The first-order chi connectivity index (χ1) is 7.31. The lowest BCUT2D eigenvalue weighted by Gasteiger charge is -1.98. The van der Waals surface area contributed by atoms with E-state index in [0.717, 1.165) is 11.9 Å². The van der Waals surface area contributed by atoms with E-state index in [1.807, 2.05) is 6.07 Å². The van der Waals surface area contributed by atoms with Crippen LogP contribution < -0.4 is 0 Å². The fourth-order valence-corrected chi connectivity index (χ4v) is 2.51. The number of fused-ring (bicyclic) bond motifs is 1. The molecule has 0 aliphatic heterocycles. The summed E-state index contributed by atoms with van der Waals surface area (Å²) in [6.45, 7) is 4.35. The highest BCUT2D eigenvalue weighted by molar-refractivity contribution is 7.18. The van der Waals surface area contributed by atoms with Gasteiger partial charge in [0.25, 0.3) is 0 Å². The van der Waals surface area contributed by atoms with E-state index in [9.17, 15) is 0 Å². The van der Waals surface area contributed by atoms with Crippen molar-refractivity contribution in [3.8, 4) is 0 Å². The smallest absolute Gasteiger partial charge is 0.100 e. The molecular weight excluding hydrogens is 202 g/mol. The highest BCUT2D eigenvalue weighted by Gasteiger charge is 2.07. The van der Waals surface area contributed by atoms with Gasteiger partial charge in [-0.1, -0.05) is 38.1 Å². The molecular formula is C13H15NS. The van der Waals surface area contributed by atoms with Crippen LogP contribution in [0.25, 0.3) is 10.2 Å². The molecule has 0 aliphatic rings. The van der Waals surface area contributed by atoms with E-state index in [-0.39, 0.29) is 0 Å². The van der Waals surface area contributed by atoms with Crippen LogP contribution in [0.1, 0.15) is 31.2 Å². The highest BCUT2D eigenvalue weighted by Crippen LogP contribution is 2.27. The lowest BCUT2D eigenvalue weighted by molar-refractivity contribution is 0.943. The summed E-state index contributed by atoms with van der Waals surface area (Å²) in [5.41, 5.74) is 1.12. The van der Waals surface area contributed by atoms with E-state index in [0.29, 0.717) is 5.92 Å². The molecule has 0 spiro atoms. The van der Waals surface area contributed by atoms with Crippen molar-refractivity contribution >= 4 is 21.6 Å². The van der Waals surface area contributed by atoms with E-state index < -0.39 is 0 Å². The van der Waals surface area contributed by atoms with Gasteiger partial charge in [-0.25, -0.2) is 4.98 Å². The molecule has 78 valence electrons. The maximum Gasteiger partial charge on any atom is 0.100 e. The first-order valence-corrected chi connectivity index (χ1v) is 6.15. The molecule has 2 aromatic rings. The molecule has 1 nitrogen and oxygen atoms in total. The van der Waals surface area contributed by atoms with Gasteiger partial charge in [-0.3, -0.25) is 0 Å².